The molecule has 84 valence electrons. The highest BCUT2D eigenvalue weighted by Crippen LogP contribution is 1.65. The third-order valence-corrected chi connectivity index (χ3v) is 0.957. The molecule has 1 aliphatic heterocycles. The molecule has 0 bridgehead atoms. The van der Waals surface area contributed by atoms with Crippen LogP contribution in [0.3, 0.4) is 0 Å². The largest absolute Gasteiger partial charge is 0.388 e. The van der Waals surface area contributed by atoms with Crippen molar-refractivity contribution in [3.05, 3.63) is 0 Å². The van der Waals surface area contributed by atoms with Crippen LogP contribution in [0.2, 0.25) is 0 Å². The molecule has 0 aliphatic carbocycles. The minimum absolute atomic E-state index is 1.14. The Labute approximate surface area is 84.2 Å². The third-order valence-electron chi connectivity index (χ3n) is 0.957. The van der Waals surface area contributed by atoms with Gasteiger partial charge in [0.1, 0.15) is 0 Å². The van der Waals surface area contributed by atoms with Crippen molar-refractivity contribution in [3.8, 4) is 0 Å². The van der Waals surface area contributed by atoms with Gasteiger partial charge in [0.05, 0.1) is 0 Å². The van der Waals surface area contributed by atoms with Crippen LogP contribution in [-0.2, 0) is 4.74 Å². The topological polar surface area (TPSA) is 33.3 Å². The van der Waals surface area contributed by atoms with Crippen LogP contribution < -0.4 is 10.6 Å². The summed E-state index contributed by atoms with van der Waals surface area (Å²) in [5.74, 6) is 0. The summed E-state index contributed by atoms with van der Waals surface area (Å²) in [5.41, 5.74) is 0. The highest BCUT2D eigenvalue weighted by Gasteiger charge is 1.91. The molecule has 0 amide bonds. The van der Waals surface area contributed by atoms with Crippen LogP contribution >= 0.6 is 0 Å². The first-order valence-corrected chi connectivity index (χ1v) is 5.23. The Kier molecular flexibility index (Phi) is 42.6. The number of rotatable bonds is 0. The summed E-state index contributed by atoms with van der Waals surface area (Å²) >= 11 is 0. The van der Waals surface area contributed by atoms with Gasteiger partial charge in [-0.1, -0.05) is 27.7 Å². The van der Waals surface area contributed by atoms with Crippen LogP contribution in [0.15, 0.2) is 0 Å². The Morgan fingerprint density at radius 2 is 0.846 bits per heavy atom. The molecule has 3 nitrogen and oxygen atoms in total. The number of ether oxygens (including phenoxy) is 1. The van der Waals surface area contributed by atoms with E-state index in [2.05, 4.69) is 15.4 Å². The fourth-order valence-electron chi connectivity index (χ4n) is 0.604. The molecule has 1 heterocycles. The first-order valence-electron chi connectivity index (χ1n) is 5.23. The highest BCUT2D eigenvalue weighted by molar-refractivity contribution is 4.59. The first kappa shape index (κ1) is 18.6. The molecule has 0 aromatic rings. The predicted molar refractivity (Wildman–Crippen MR) is 61.4 cm³/mol. The number of hydrogen-bond acceptors (Lipinski definition) is 3. The second-order valence-electron chi connectivity index (χ2n) is 1.91. The van der Waals surface area contributed by atoms with E-state index < -0.39 is 0 Å². The number of hydrogen-bond donors (Lipinski definition) is 2. The molecular formula is C10H28N2O. The maximum atomic E-state index is 4.25. The van der Waals surface area contributed by atoms with E-state index in [0.717, 1.165) is 26.2 Å². The quantitative estimate of drug-likeness (QED) is 0.610. The van der Waals surface area contributed by atoms with E-state index in [0.29, 0.717) is 0 Å². The summed E-state index contributed by atoms with van der Waals surface area (Å²) in [6.45, 7) is 12.6. The summed E-state index contributed by atoms with van der Waals surface area (Å²) in [6, 6.07) is 0. The van der Waals surface area contributed by atoms with Gasteiger partial charge >= 0.3 is 0 Å². The maximum absolute atomic E-state index is 4.25. The van der Waals surface area contributed by atoms with Crippen LogP contribution in [0.4, 0.5) is 0 Å². The van der Waals surface area contributed by atoms with Gasteiger partial charge in [-0.2, -0.15) is 0 Å². The van der Waals surface area contributed by atoms with Gasteiger partial charge in [-0.15, -0.1) is 0 Å². The van der Waals surface area contributed by atoms with E-state index >= 15 is 0 Å². The van der Waals surface area contributed by atoms with E-state index in [1.54, 1.807) is 14.2 Å². The van der Waals surface area contributed by atoms with Crippen LogP contribution in [0.1, 0.15) is 27.7 Å². The van der Waals surface area contributed by atoms with E-state index in [9.17, 15) is 0 Å². The fourth-order valence-corrected chi connectivity index (χ4v) is 0.604. The lowest BCUT2D eigenvalue weighted by molar-refractivity contribution is 0.277. The SMILES string of the molecule is C1CNCCN1.CC.CC.COC. The first-order chi connectivity index (χ1) is 6.41. The smallest absolute Gasteiger partial charge is 0.0351 e. The minimum atomic E-state index is 1.14. The molecule has 13 heavy (non-hydrogen) atoms. The number of piperazine rings is 1. The molecule has 0 atom stereocenters. The highest BCUT2D eigenvalue weighted by atomic mass is 16.4. The molecule has 0 unspecified atom stereocenters. The fraction of sp³-hybridized carbons (Fsp3) is 1.00. The Morgan fingerprint density at radius 3 is 0.923 bits per heavy atom. The molecule has 1 fully saturated rings. The summed E-state index contributed by atoms with van der Waals surface area (Å²) in [4.78, 5) is 0. The van der Waals surface area contributed by atoms with Crippen molar-refractivity contribution >= 4 is 0 Å². The predicted octanol–water partition coefficient (Wildman–Crippen LogP) is 1.49. The molecule has 1 saturated heterocycles. The van der Waals surface area contributed by atoms with E-state index in [4.69, 9.17) is 0 Å². The summed E-state index contributed by atoms with van der Waals surface area (Å²) in [5, 5.41) is 6.44. The Morgan fingerprint density at radius 1 is 0.692 bits per heavy atom. The minimum Gasteiger partial charge on any atom is -0.388 e. The van der Waals surface area contributed by atoms with Crippen molar-refractivity contribution in [1.82, 2.24) is 10.6 Å². The average Bonchev–Trinajstić information content (AvgIpc) is 2.27. The third kappa shape index (κ3) is 33.5. The molecule has 1 rings (SSSR count). The van der Waals surface area contributed by atoms with Crippen molar-refractivity contribution in [2.75, 3.05) is 40.4 Å². The van der Waals surface area contributed by atoms with Gasteiger partial charge in [-0.05, 0) is 0 Å². The number of nitrogens with one attached hydrogen (secondary N) is 2. The molecule has 0 radical (unpaired) electrons. The van der Waals surface area contributed by atoms with Crippen LogP contribution in [0.5, 0.6) is 0 Å². The second kappa shape index (κ2) is 29.7. The van der Waals surface area contributed by atoms with Gasteiger partial charge in [0.2, 0.25) is 0 Å². The molecule has 0 aromatic heterocycles. The molecule has 0 aromatic carbocycles. The Hall–Kier alpha value is -0.120. The van der Waals surface area contributed by atoms with Crippen molar-refractivity contribution in [2.45, 2.75) is 27.7 Å². The van der Waals surface area contributed by atoms with Crippen molar-refractivity contribution in [3.63, 3.8) is 0 Å². The monoisotopic (exact) mass is 192 g/mol. The van der Waals surface area contributed by atoms with E-state index in [1.807, 2.05) is 27.7 Å². The van der Waals surface area contributed by atoms with Gasteiger partial charge < -0.3 is 15.4 Å². The second-order valence-corrected chi connectivity index (χ2v) is 1.91. The molecular weight excluding hydrogens is 164 g/mol. The average molecular weight is 192 g/mol. The zero-order chi connectivity index (χ0) is 10.9. The van der Waals surface area contributed by atoms with Gasteiger partial charge in [0.25, 0.3) is 0 Å². The summed E-state index contributed by atoms with van der Waals surface area (Å²) < 4.78 is 4.25. The summed E-state index contributed by atoms with van der Waals surface area (Å²) in [7, 11) is 3.25. The number of methoxy groups -OCH3 is 1. The van der Waals surface area contributed by atoms with Gasteiger partial charge in [-0.25, -0.2) is 0 Å². The normalized spacial score (nSPS) is 13.4. The Bertz CT molecular complexity index is 36.7. The Balaban J connectivity index is -0.000000124. The lowest BCUT2D eigenvalue weighted by atomic mass is 10.4. The van der Waals surface area contributed by atoms with Crippen LogP contribution in [0.25, 0.3) is 0 Å². The van der Waals surface area contributed by atoms with Crippen molar-refractivity contribution in [2.24, 2.45) is 0 Å². The van der Waals surface area contributed by atoms with E-state index in [1.165, 1.54) is 0 Å². The molecule has 0 spiro atoms. The zero-order valence-electron chi connectivity index (χ0n) is 10.2. The molecule has 0 saturated carbocycles. The maximum Gasteiger partial charge on any atom is 0.0351 e. The van der Waals surface area contributed by atoms with Crippen LogP contribution in [0, 0.1) is 0 Å². The molecule has 2 N–H and O–H groups in total. The zero-order valence-corrected chi connectivity index (χ0v) is 10.2. The lowest BCUT2D eigenvalue weighted by Gasteiger charge is -2.11. The lowest BCUT2D eigenvalue weighted by Crippen LogP contribution is -2.39. The molecule has 3 heteroatoms. The summed E-state index contributed by atoms with van der Waals surface area (Å²) in [6.07, 6.45) is 0. The van der Waals surface area contributed by atoms with Gasteiger partial charge in [-0.3, -0.25) is 0 Å². The van der Waals surface area contributed by atoms with Gasteiger partial charge in [0.15, 0.2) is 0 Å². The standard InChI is InChI=1S/C4H10N2.C2H6O.2C2H6/c1-2-6-4-3-5-1;1-3-2;2*1-2/h5-6H,1-4H2;1-2H3;2*1-2H3. The van der Waals surface area contributed by atoms with Gasteiger partial charge in [0, 0.05) is 40.4 Å². The van der Waals surface area contributed by atoms with E-state index in [-0.39, 0.29) is 0 Å². The van der Waals surface area contributed by atoms with Crippen molar-refractivity contribution < 1.29 is 4.74 Å². The van der Waals surface area contributed by atoms with Crippen LogP contribution in [-0.4, -0.2) is 40.4 Å². The molecule has 1 aliphatic rings. The van der Waals surface area contributed by atoms with Crippen molar-refractivity contribution in [1.29, 1.82) is 0 Å².